The first-order valence-corrected chi connectivity index (χ1v) is 7.41. The highest BCUT2D eigenvalue weighted by Crippen LogP contribution is 2.47. The van der Waals surface area contributed by atoms with E-state index in [0.717, 1.165) is 31.4 Å². The highest BCUT2D eigenvalue weighted by molar-refractivity contribution is 7.89. The molecule has 100 valence electrons. The van der Waals surface area contributed by atoms with Crippen LogP contribution >= 0.6 is 0 Å². The van der Waals surface area contributed by atoms with Crippen LogP contribution in [0, 0.1) is 11.2 Å². The van der Waals surface area contributed by atoms with Crippen molar-refractivity contribution in [3.05, 3.63) is 30.1 Å². The number of nitrogens with one attached hydrogen (secondary N) is 1. The first-order chi connectivity index (χ1) is 8.47. The van der Waals surface area contributed by atoms with Crippen molar-refractivity contribution in [1.29, 1.82) is 0 Å². The Morgan fingerprint density at radius 3 is 2.39 bits per heavy atom. The van der Waals surface area contributed by atoms with Gasteiger partial charge in [0.2, 0.25) is 10.0 Å². The van der Waals surface area contributed by atoms with Gasteiger partial charge >= 0.3 is 0 Å². The van der Waals surface area contributed by atoms with Crippen LogP contribution in [0.4, 0.5) is 4.39 Å². The Morgan fingerprint density at radius 1 is 1.28 bits per heavy atom. The summed E-state index contributed by atoms with van der Waals surface area (Å²) in [4.78, 5) is 0.0902. The average molecular weight is 272 g/mol. The molecule has 1 aromatic rings. The maximum Gasteiger partial charge on any atom is 0.240 e. The van der Waals surface area contributed by atoms with Gasteiger partial charge in [0.05, 0.1) is 4.90 Å². The van der Waals surface area contributed by atoms with E-state index in [-0.39, 0.29) is 10.3 Å². The van der Waals surface area contributed by atoms with Crippen molar-refractivity contribution in [1.82, 2.24) is 4.72 Å². The molecule has 18 heavy (non-hydrogen) atoms. The molecule has 0 saturated heterocycles. The van der Waals surface area contributed by atoms with E-state index in [1.807, 2.05) is 0 Å². The molecule has 2 rings (SSSR count). The summed E-state index contributed by atoms with van der Waals surface area (Å²) in [6.45, 7) is 0.974. The summed E-state index contributed by atoms with van der Waals surface area (Å²) in [5.74, 6) is -0.448. The predicted octanol–water partition coefficient (Wildman–Crippen LogP) is 1.23. The molecule has 0 aromatic heterocycles. The molecule has 0 bridgehead atoms. The first kappa shape index (κ1) is 13.5. The van der Waals surface area contributed by atoms with Crippen molar-refractivity contribution in [2.24, 2.45) is 11.1 Å². The summed E-state index contributed by atoms with van der Waals surface area (Å²) in [6, 6.07) is 4.81. The third kappa shape index (κ3) is 3.07. The number of sulfonamides is 1. The van der Waals surface area contributed by atoms with Crippen molar-refractivity contribution < 1.29 is 12.8 Å². The van der Waals surface area contributed by atoms with Gasteiger partial charge in [-0.15, -0.1) is 0 Å². The molecule has 1 fully saturated rings. The highest BCUT2D eigenvalue weighted by Gasteiger charge is 2.42. The van der Waals surface area contributed by atoms with E-state index in [9.17, 15) is 12.8 Å². The summed E-state index contributed by atoms with van der Waals surface area (Å²) >= 11 is 0. The number of hydrogen-bond acceptors (Lipinski definition) is 3. The Morgan fingerprint density at radius 2 is 1.89 bits per heavy atom. The van der Waals surface area contributed by atoms with Gasteiger partial charge in [0.15, 0.2) is 0 Å². The molecule has 1 saturated carbocycles. The van der Waals surface area contributed by atoms with Crippen LogP contribution in [0.2, 0.25) is 0 Å². The van der Waals surface area contributed by atoms with E-state index in [1.54, 1.807) is 0 Å². The Labute approximate surface area is 106 Å². The molecule has 4 nitrogen and oxygen atoms in total. The third-order valence-electron chi connectivity index (χ3n) is 3.39. The van der Waals surface area contributed by atoms with Gasteiger partial charge in [-0.3, -0.25) is 0 Å². The van der Waals surface area contributed by atoms with Crippen LogP contribution in [0.3, 0.4) is 0 Å². The minimum Gasteiger partial charge on any atom is -0.330 e. The number of rotatable bonds is 6. The molecular formula is C12H17FN2O2S. The molecule has 0 aliphatic heterocycles. The molecule has 0 unspecified atom stereocenters. The van der Waals surface area contributed by atoms with Gasteiger partial charge in [-0.05, 0) is 55.5 Å². The molecule has 1 aliphatic carbocycles. The minimum absolute atomic E-state index is 0.0435. The molecule has 0 radical (unpaired) electrons. The topological polar surface area (TPSA) is 72.2 Å². The van der Waals surface area contributed by atoms with E-state index in [0.29, 0.717) is 13.1 Å². The summed E-state index contributed by atoms with van der Waals surface area (Å²) in [5.41, 5.74) is 5.55. The first-order valence-electron chi connectivity index (χ1n) is 5.93. The fourth-order valence-corrected chi connectivity index (χ4v) is 3.10. The average Bonchev–Trinajstić information content (AvgIpc) is 3.08. The van der Waals surface area contributed by atoms with E-state index >= 15 is 0 Å². The molecule has 0 spiro atoms. The maximum atomic E-state index is 12.7. The Bertz CT molecular complexity index is 509. The summed E-state index contributed by atoms with van der Waals surface area (Å²) in [6.07, 6.45) is 2.85. The molecule has 1 aromatic carbocycles. The van der Waals surface area contributed by atoms with Gasteiger partial charge in [0, 0.05) is 6.54 Å². The third-order valence-corrected chi connectivity index (χ3v) is 4.81. The van der Waals surface area contributed by atoms with E-state index < -0.39 is 15.8 Å². The Kier molecular flexibility index (Phi) is 3.70. The number of hydrogen-bond donors (Lipinski definition) is 2. The predicted molar refractivity (Wildman–Crippen MR) is 66.9 cm³/mol. The normalized spacial score (nSPS) is 17.7. The lowest BCUT2D eigenvalue weighted by Crippen LogP contribution is -2.31. The van der Waals surface area contributed by atoms with Gasteiger partial charge in [-0.2, -0.15) is 0 Å². The standard InChI is InChI=1S/C12H17FN2O2S/c13-10-1-3-11(4-2-10)18(16,17)15-9-12(5-6-12)7-8-14/h1-4,15H,5-9,14H2. The van der Waals surface area contributed by atoms with Gasteiger partial charge in [0.25, 0.3) is 0 Å². The van der Waals surface area contributed by atoms with Crippen LogP contribution in [-0.2, 0) is 10.0 Å². The zero-order valence-corrected chi connectivity index (χ0v) is 10.8. The second-order valence-electron chi connectivity index (χ2n) is 4.82. The van der Waals surface area contributed by atoms with Crippen LogP contribution in [-0.4, -0.2) is 21.5 Å². The van der Waals surface area contributed by atoms with Crippen LogP contribution < -0.4 is 10.5 Å². The summed E-state index contributed by atoms with van der Waals surface area (Å²) in [5, 5.41) is 0. The molecule has 0 heterocycles. The monoisotopic (exact) mass is 272 g/mol. The largest absolute Gasteiger partial charge is 0.330 e. The summed E-state index contributed by atoms with van der Waals surface area (Å²) in [7, 11) is -3.55. The molecule has 6 heteroatoms. The van der Waals surface area contributed by atoms with Gasteiger partial charge in [0.1, 0.15) is 5.82 Å². The smallest absolute Gasteiger partial charge is 0.240 e. The van der Waals surface area contributed by atoms with Crippen molar-refractivity contribution in [3.8, 4) is 0 Å². The van der Waals surface area contributed by atoms with Gasteiger partial charge in [-0.1, -0.05) is 0 Å². The van der Waals surface area contributed by atoms with E-state index in [4.69, 9.17) is 5.73 Å². The second-order valence-corrected chi connectivity index (χ2v) is 6.58. The Balaban J connectivity index is 2.02. The molecule has 0 atom stereocenters. The zero-order chi connectivity index (χ0) is 13.2. The summed E-state index contributed by atoms with van der Waals surface area (Å²) < 4.78 is 39.2. The molecule has 0 amide bonds. The molecule has 1 aliphatic rings. The maximum absolute atomic E-state index is 12.7. The van der Waals surface area contributed by atoms with Crippen molar-refractivity contribution in [2.75, 3.05) is 13.1 Å². The minimum atomic E-state index is -3.55. The van der Waals surface area contributed by atoms with Crippen molar-refractivity contribution >= 4 is 10.0 Å². The lowest BCUT2D eigenvalue weighted by Gasteiger charge is -2.15. The number of halogens is 1. The fourth-order valence-electron chi connectivity index (χ4n) is 1.94. The Hall–Kier alpha value is -0.980. The van der Waals surface area contributed by atoms with Gasteiger partial charge in [-0.25, -0.2) is 17.5 Å². The fraction of sp³-hybridized carbons (Fsp3) is 0.500. The second kappa shape index (κ2) is 4.95. The van der Waals surface area contributed by atoms with E-state index in [2.05, 4.69) is 4.72 Å². The van der Waals surface area contributed by atoms with E-state index in [1.165, 1.54) is 12.1 Å². The van der Waals surface area contributed by atoms with Crippen LogP contribution in [0.15, 0.2) is 29.2 Å². The number of nitrogens with two attached hydrogens (primary N) is 1. The van der Waals surface area contributed by atoms with Crippen LogP contribution in [0.1, 0.15) is 19.3 Å². The molecular weight excluding hydrogens is 255 g/mol. The highest BCUT2D eigenvalue weighted by atomic mass is 32.2. The number of benzene rings is 1. The SMILES string of the molecule is NCCC1(CNS(=O)(=O)c2ccc(F)cc2)CC1. The quantitative estimate of drug-likeness (QED) is 0.818. The van der Waals surface area contributed by atoms with Crippen LogP contribution in [0.25, 0.3) is 0 Å². The van der Waals surface area contributed by atoms with Gasteiger partial charge < -0.3 is 5.73 Å². The van der Waals surface area contributed by atoms with Crippen LogP contribution in [0.5, 0.6) is 0 Å². The lowest BCUT2D eigenvalue weighted by atomic mass is 10.0. The molecule has 3 N–H and O–H groups in total. The lowest BCUT2D eigenvalue weighted by molar-refractivity contribution is 0.461. The van der Waals surface area contributed by atoms with Crippen molar-refractivity contribution in [3.63, 3.8) is 0 Å². The van der Waals surface area contributed by atoms with Crippen molar-refractivity contribution in [2.45, 2.75) is 24.2 Å². The zero-order valence-electron chi connectivity index (χ0n) is 10.0.